The van der Waals surface area contributed by atoms with Gasteiger partial charge in [0.2, 0.25) is 5.82 Å². The second-order valence-corrected chi connectivity index (χ2v) is 12.8. The Hall–Kier alpha value is -2.53. The van der Waals surface area contributed by atoms with Crippen molar-refractivity contribution in [2.45, 2.75) is 156 Å². The lowest BCUT2D eigenvalue weighted by Gasteiger charge is -2.20. The Balaban J connectivity index is 1.82. The molecule has 11 heteroatoms. The summed E-state index contributed by atoms with van der Waals surface area (Å²) in [6.07, 6.45) is 15.3. The topological polar surface area (TPSA) is 115 Å². The Bertz CT molecular complexity index is 1130. The molecule has 1 aliphatic heterocycles. The van der Waals surface area contributed by atoms with E-state index in [-0.39, 0.29) is 25.7 Å². The van der Waals surface area contributed by atoms with Crippen molar-refractivity contribution in [3.63, 3.8) is 0 Å². The molecular weight excluding hydrogens is 583 g/mol. The van der Waals surface area contributed by atoms with Crippen molar-refractivity contribution in [1.29, 1.82) is 0 Å². The zero-order valence-electron chi connectivity index (χ0n) is 28.2. The standard InChI is InChI=1S/C34H57FN2O8/c1-6-7-8-9-10-11-12-13-14-15-16-17-18-19-20-42-24-37-31(38)27(35)22-36(34(37)41)30-21-28(45-33(40)26(4)5)29(44-30)23-43-32(39)25(2)3/h22,25-26,28-30H,6-21,23-24H2,1-5H3/t28-,29+,30+/m0/s1. The number of hydrogen-bond donors (Lipinski definition) is 0. The van der Waals surface area contributed by atoms with Gasteiger partial charge in [0.15, 0.2) is 0 Å². The predicted molar refractivity (Wildman–Crippen MR) is 170 cm³/mol. The average Bonchev–Trinajstić information content (AvgIpc) is 3.40. The van der Waals surface area contributed by atoms with Crippen molar-refractivity contribution in [1.82, 2.24) is 9.13 Å². The highest BCUT2D eigenvalue weighted by Gasteiger charge is 2.41. The molecule has 2 heterocycles. The van der Waals surface area contributed by atoms with E-state index in [1.807, 2.05) is 0 Å². The predicted octanol–water partition coefficient (Wildman–Crippen LogP) is 6.66. The molecule has 1 saturated heterocycles. The fourth-order valence-electron chi connectivity index (χ4n) is 5.22. The maximum atomic E-state index is 14.7. The molecule has 45 heavy (non-hydrogen) atoms. The summed E-state index contributed by atoms with van der Waals surface area (Å²) in [5.74, 6) is -2.86. The molecule has 1 fully saturated rings. The van der Waals surface area contributed by atoms with Crippen LogP contribution in [0.4, 0.5) is 4.39 Å². The summed E-state index contributed by atoms with van der Waals surface area (Å²) < 4.78 is 38.7. The zero-order chi connectivity index (χ0) is 33.2. The van der Waals surface area contributed by atoms with Crippen LogP contribution in [0.3, 0.4) is 0 Å². The van der Waals surface area contributed by atoms with E-state index in [2.05, 4.69) is 6.92 Å². The molecule has 1 aromatic heterocycles. The van der Waals surface area contributed by atoms with E-state index in [0.29, 0.717) is 11.2 Å². The van der Waals surface area contributed by atoms with Gasteiger partial charge in [-0.05, 0) is 6.42 Å². The van der Waals surface area contributed by atoms with E-state index in [1.165, 1.54) is 70.6 Å². The zero-order valence-corrected chi connectivity index (χ0v) is 28.2. The first-order chi connectivity index (χ1) is 21.6. The van der Waals surface area contributed by atoms with Crippen LogP contribution in [0.25, 0.3) is 0 Å². The first-order valence-corrected chi connectivity index (χ1v) is 17.2. The Morgan fingerprint density at radius 3 is 1.93 bits per heavy atom. The van der Waals surface area contributed by atoms with Crippen LogP contribution in [0.5, 0.6) is 0 Å². The lowest BCUT2D eigenvalue weighted by atomic mass is 10.0. The third-order valence-corrected chi connectivity index (χ3v) is 8.11. The van der Waals surface area contributed by atoms with Crippen LogP contribution < -0.4 is 11.2 Å². The number of rotatable bonds is 23. The SMILES string of the molecule is CCCCCCCCCCCCCCCCOCn1c(=O)c(F)cn([C@H]2C[C@H](OC(=O)C(C)C)[C@@H](COC(=O)C(C)C)O2)c1=O. The van der Waals surface area contributed by atoms with Crippen LogP contribution in [-0.4, -0.2) is 46.5 Å². The number of aromatic nitrogens is 2. The molecule has 0 radical (unpaired) electrons. The first-order valence-electron chi connectivity index (χ1n) is 17.2. The van der Waals surface area contributed by atoms with Gasteiger partial charge in [-0.3, -0.25) is 19.0 Å². The second-order valence-electron chi connectivity index (χ2n) is 12.8. The molecule has 0 aliphatic carbocycles. The minimum atomic E-state index is -1.14. The summed E-state index contributed by atoms with van der Waals surface area (Å²) in [6, 6.07) is 0. The number of carbonyl (C=O) groups excluding carboxylic acids is 2. The third-order valence-electron chi connectivity index (χ3n) is 8.11. The summed E-state index contributed by atoms with van der Waals surface area (Å²) in [7, 11) is 0. The van der Waals surface area contributed by atoms with Crippen molar-refractivity contribution in [3.8, 4) is 0 Å². The minimum Gasteiger partial charge on any atom is -0.463 e. The molecule has 0 spiro atoms. The summed E-state index contributed by atoms with van der Waals surface area (Å²) >= 11 is 0. The summed E-state index contributed by atoms with van der Waals surface area (Å²) in [4.78, 5) is 50.0. The third kappa shape index (κ3) is 13.8. The highest BCUT2D eigenvalue weighted by atomic mass is 19.1. The Kier molecular flexibility index (Phi) is 18.3. The van der Waals surface area contributed by atoms with Gasteiger partial charge in [0.1, 0.15) is 31.8 Å². The van der Waals surface area contributed by atoms with Gasteiger partial charge in [-0.15, -0.1) is 0 Å². The quantitative estimate of drug-likeness (QED) is 0.0964. The highest BCUT2D eigenvalue weighted by Crippen LogP contribution is 2.31. The number of esters is 2. The van der Waals surface area contributed by atoms with E-state index < -0.39 is 53.4 Å². The first kappa shape index (κ1) is 38.7. The van der Waals surface area contributed by atoms with Crippen molar-refractivity contribution in [2.75, 3.05) is 13.2 Å². The van der Waals surface area contributed by atoms with Crippen LogP contribution in [0.15, 0.2) is 15.8 Å². The second kappa shape index (κ2) is 21.3. The maximum absolute atomic E-state index is 14.7. The van der Waals surface area contributed by atoms with Crippen LogP contribution >= 0.6 is 0 Å². The van der Waals surface area contributed by atoms with Crippen LogP contribution in [0, 0.1) is 17.7 Å². The van der Waals surface area contributed by atoms with E-state index >= 15 is 0 Å². The fraction of sp³-hybridized carbons (Fsp3) is 0.824. The molecular formula is C34H57FN2O8. The lowest BCUT2D eigenvalue weighted by Crippen LogP contribution is -2.43. The normalized spacial score (nSPS) is 18.2. The molecule has 0 unspecified atom stereocenters. The van der Waals surface area contributed by atoms with Gasteiger partial charge in [-0.25, -0.2) is 9.36 Å². The number of halogens is 1. The molecule has 0 bridgehead atoms. The average molecular weight is 641 g/mol. The molecule has 0 N–H and O–H groups in total. The molecule has 0 saturated carbocycles. The van der Waals surface area contributed by atoms with Crippen molar-refractivity contribution in [2.24, 2.45) is 11.8 Å². The van der Waals surface area contributed by atoms with Crippen molar-refractivity contribution in [3.05, 3.63) is 32.9 Å². The number of carbonyl (C=O) groups is 2. The van der Waals surface area contributed by atoms with E-state index in [4.69, 9.17) is 18.9 Å². The largest absolute Gasteiger partial charge is 0.463 e. The van der Waals surface area contributed by atoms with Gasteiger partial charge < -0.3 is 18.9 Å². The summed E-state index contributed by atoms with van der Waals surface area (Å²) in [5, 5.41) is 0. The number of nitrogens with zero attached hydrogens (tertiary/aromatic N) is 2. The fourth-order valence-corrected chi connectivity index (χ4v) is 5.22. The molecule has 3 atom stereocenters. The lowest BCUT2D eigenvalue weighted by molar-refractivity contribution is -0.162. The van der Waals surface area contributed by atoms with Gasteiger partial charge in [0.25, 0.3) is 5.56 Å². The molecule has 1 aliphatic rings. The molecule has 1 aromatic rings. The van der Waals surface area contributed by atoms with Gasteiger partial charge in [-0.1, -0.05) is 118 Å². The number of unbranched alkanes of at least 4 members (excludes halogenated alkanes) is 13. The highest BCUT2D eigenvalue weighted by molar-refractivity contribution is 5.72. The smallest absolute Gasteiger partial charge is 0.335 e. The Labute approximate surface area is 267 Å². The number of ether oxygens (including phenoxy) is 4. The van der Waals surface area contributed by atoms with E-state index in [1.54, 1.807) is 27.7 Å². The van der Waals surface area contributed by atoms with Crippen molar-refractivity contribution >= 4 is 11.9 Å². The van der Waals surface area contributed by atoms with E-state index in [9.17, 15) is 23.6 Å². The van der Waals surface area contributed by atoms with Crippen LogP contribution in [0.2, 0.25) is 0 Å². The van der Waals surface area contributed by atoms with Crippen LogP contribution in [-0.2, 0) is 35.3 Å². The molecule has 0 aromatic carbocycles. The summed E-state index contributed by atoms with van der Waals surface area (Å²) in [6.45, 7) is 8.72. The summed E-state index contributed by atoms with van der Waals surface area (Å²) in [5.41, 5.74) is -1.89. The maximum Gasteiger partial charge on any atom is 0.335 e. The van der Waals surface area contributed by atoms with Gasteiger partial charge in [0.05, 0.1) is 18.0 Å². The molecule has 2 rings (SSSR count). The molecule has 0 amide bonds. The van der Waals surface area contributed by atoms with Crippen LogP contribution in [0.1, 0.15) is 137 Å². The number of hydrogen-bond acceptors (Lipinski definition) is 8. The molecule has 258 valence electrons. The Morgan fingerprint density at radius 2 is 1.40 bits per heavy atom. The van der Waals surface area contributed by atoms with Gasteiger partial charge in [0, 0.05) is 13.0 Å². The minimum absolute atomic E-state index is 0.0137. The molecule has 10 nitrogen and oxygen atoms in total. The van der Waals surface area contributed by atoms with E-state index in [0.717, 1.165) is 30.0 Å². The van der Waals surface area contributed by atoms with Crippen molar-refractivity contribution < 1.29 is 32.9 Å². The monoisotopic (exact) mass is 640 g/mol. The Morgan fingerprint density at radius 1 is 0.867 bits per heavy atom. The van der Waals surface area contributed by atoms with Gasteiger partial charge in [-0.2, -0.15) is 4.39 Å². The van der Waals surface area contributed by atoms with Gasteiger partial charge >= 0.3 is 17.6 Å².